The van der Waals surface area contributed by atoms with Gasteiger partial charge in [-0.3, -0.25) is 0 Å². The first-order valence-corrected chi connectivity index (χ1v) is 7.33. The van der Waals surface area contributed by atoms with Crippen molar-refractivity contribution in [3.05, 3.63) is 23.9 Å². The van der Waals surface area contributed by atoms with Crippen molar-refractivity contribution in [1.82, 2.24) is 4.98 Å². The van der Waals surface area contributed by atoms with Crippen LogP contribution in [-0.4, -0.2) is 29.1 Å². The molecule has 2 heterocycles. The van der Waals surface area contributed by atoms with Crippen molar-refractivity contribution in [2.24, 2.45) is 5.73 Å². The zero-order chi connectivity index (χ0) is 12.3. The van der Waals surface area contributed by atoms with Gasteiger partial charge in [-0.15, -0.1) is 0 Å². The van der Waals surface area contributed by atoms with Crippen LogP contribution in [0.3, 0.4) is 0 Å². The van der Waals surface area contributed by atoms with Gasteiger partial charge in [-0.05, 0) is 31.0 Å². The number of rotatable bonds is 3. The highest BCUT2D eigenvalue weighted by atomic mass is 32.2. The van der Waals surface area contributed by atoms with Crippen LogP contribution in [0.25, 0.3) is 0 Å². The molecule has 0 bridgehead atoms. The van der Waals surface area contributed by atoms with E-state index < -0.39 is 0 Å². The van der Waals surface area contributed by atoms with Gasteiger partial charge in [0.2, 0.25) is 0 Å². The van der Waals surface area contributed by atoms with Crippen LogP contribution < -0.4 is 10.6 Å². The number of hydrogen-bond donors (Lipinski definition) is 1. The van der Waals surface area contributed by atoms with Gasteiger partial charge >= 0.3 is 0 Å². The van der Waals surface area contributed by atoms with Crippen LogP contribution in [0.4, 0.5) is 5.82 Å². The summed E-state index contributed by atoms with van der Waals surface area (Å²) in [6, 6.07) is 4.22. The van der Waals surface area contributed by atoms with Gasteiger partial charge in [-0.1, -0.05) is 6.92 Å². The molecule has 0 saturated carbocycles. The second kappa shape index (κ2) is 5.74. The molecule has 1 aliphatic rings. The lowest BCUT2D eigenvalue weighted by atomic mass is 10.1. The number of aromatic nitrogens is 1. The number of nitrogens with two attached hydrogens (primary N) is 1. The Bertz CT molecular complexity index is 367. The van der Waals surface area contributed by atoms with Gasteiger partial charge in [0.15, 0.2) is 0 Å². The van der Waals surface area contributed by atoms with Gasteiger partial charge in [-0.2, -0.15) is 11.8 Å². The molecule has 1 fully saturated rings. The average Bonchev–Trinajstić information content (AvgIpc) is 2.39. The first kappa shape index (κ1) is 12.7. The van der Waals surface area contributed by atoms with E-state index in [-0.39, 0.29) is 6.04 Å². The minimum atomic E-state index is 0.0814. The molecule has 94 valence electrons. The Kier molecular flexibility index (Phi) is 4.29. The van der Waals surface area contributed by atoms with E-state index in [2.05, 4.69) is 34.6 Å². The third-order valence-corrected chi connectivity index (χ3v) is 4.59. The molecule has 0 radical (unpaired) electrons. The van der Waals surface area contributed by atoms with Crippen LogP contribution in [0.2, 0.25) is 0 Å². The van der Waals surface area contributed by atoms with Gasteiger partial charge in [0.05, 0.1) is 0 Å². The third-order valence-electron chi connectivity index (χ3n) is 3.21. The maximum absolute atomic E-state index is 5.92. The fraction of sp³-hybridized carbons (Fsp3) is 0.615. The van der Waals surface area contributed by atoms with E-state index in [1.54, 1.807) is 0 Å². The Balaban J connectivity index is 2.13. The van der Waals surface area contributed by atoms with E-state index in [1.807, 2.05) is 19.2 Å². The van der Waals surface area contributed by atoms with Crippen molar-refractivity contribution in [1.29, 1.82) is 0 Å². The molecule has 0 spiro atoms. The first-order chi connectivity index (χ1) is 8.20. The summed E-state index contributed by atoms with van der Waals surface area (Å²) in [4.78, 5) is 6.86. The average molecular weight is 251 g/mol. The highest BCUT2D eigenvalue weighted by molar-refractivity contribution is 8.00. The van der Waals surface area contributed by atoms with Gasteiger partial charge in [-0.25, -0.2) is 4.98 Å². The molecule has 2 N–H and O–H groups in total. The third kappa shape index (κ3) is 3.13. The summed E-state index contributed by atoms with van der Waals surface area (Å²) >= 11 is 2.08. The molecule has 4 heteroatoms. The zero-order valence-corrected chi connectivity index (χ0v) is 11.4. The lowest BCUT2D eigenvalue weighted by molar-refractivity contribution is 0.717. The van der Waals surface area contributed by atoms with E-state index in [9.17, 15) is 0 Å². The van der Waals surface area contributed by atoms with Crippen LogP contribution >= 0.6 is 11.8 Å². The Hall–Kier alpha value is -0.740. The Morgan fingerprint density at radius 2 is 2.47 bits per heavy atom. The zero-order valence-electron chi connectivity index (χ0n) is 10.6. The lowest BCUT2D eigenvalue weighted by Crippen LogP contribution is -2.38. The maximum Gasteiger partial charge on any atom is 0.128 e. The molecule has 2 unspecified atom stereocenters. The van der Waals surface area contributed by atoms with E-state index >= 15 is 0 Å². The van der Waals surface area contributed by atoms with Crippen LogP contribution in [-0.2, 0) is 0 Å². The fourth-order valence-electron chi connectivity index (χ4n) is 2.06. The van der Waals surface area contributed by atoms with Crippen molar-refractivity contribution in [2.45, 2.75) is 31.6 Å². The molecular weight excluding hydrogens is 230 g/mol. The van der Waals surface area contributed by atoms with Crippen LogP contribution in [0.5, 0.6) is 0 Å². The van der Waals surface area contributed by atoms with Crippen LogP contribution in [0.1, 0.15) is 31.9 Å². The summed E-state index contributed by atoms with van der Waals surface area (Å²) < 4.78 is 0. The summed E-state index contributed by atoms with van der Waals surface area (Å²) in [5.74, 6) is 2.28. The minimum absolute atomic E-state index is 0.0814. The largest absolute Gasteiger partial charge is 0.355 e. The molecule has 1 aromatic heterocycles. The first-order valence-electron chi connectivity index (χ1n) is 6.28. The molecule has 1 saturated heterocycles. The van der Waals surface area contributed by atoms with Crippen molar-refractivity contribution >= 4 is 17.6 Å². The topological polar surface area (TPSA) is 42.1 Å². The standard InChI is InChI=1S/C13H21N3S/c1-3-12-9-16(6-7-17-12)13-8-11(10(2)14)4-5-15-13/h4-5,8,10,12H,3,6-7,9,14H2,1-2H3. The second-order valence-corrected chi connectivity index (χ2v) is 5.99. The number of hydrogen-bond acceptors (Lipinski definition) is 4. The SMILES string of the molecule is CCC1CN(c2cc(C(C)N)ccn2)CCS1. The van der Waals surface area contributed by atoms with Crippen LogP contribution in [0.15, 0.2) is 18.3 Å². The summed E-state index contributed by atoms with van der Waals surface area (Å²) in [7, 11) is 0. The predicted molar refractivity (Wildman–Crippen MR) is 75.6 cm³/mol. The number of anilines is 1. The maximum atomic E-state index is 5.92. The summed E-state index contributed by atoms with van der Waals surface area (Å²) in [6.07, 6.45) is 3.10. The van der Waals surface area contributed by atoms with Crippen molar-refractivity contribution in [3.8, 4) is 0 Å². The highest BCUT2D eigenvalue weighted by Gasteiger charge is 2.20. The van der Waals surface area contributed by atoms with Gasteiger partial charge < -0.3 is 10.6 Å². The Morgan fingerprint density at radius 1 is 1.65 bits per heavy atom. The Morgan fingerprint density at radius 3 is 3.18 bits per heavy atom. The van der Waals surface area contributed by atoms with E-state index in [4.69, 9.17) is 5.73 Å². The normalized spacial score (nSPS) is 22.5. The molecule has 17 heavy (non-hydrogen) atoms. The summed E-state index contributed by atoms with van der Waals surface area (Å²) in [5, 5.41) is 0.740. The Labute approximate surface area is 108 Å². The number of thioether (sulfide) groups is 1. The molecule has 0 aliphatic carbocycles. The molecule has 2 rings (SSSR count). The molecular formula is C13H21N3S. The van der Waals surface area contributed by atoms with Crippen LogP contribution in [0, 0.1) is 0 Å². The number of pyridine rings is 1. The summed E-state index contributed by atoms with van der Waals surface area (Å²) in [5.41, 5.74) is 7.08. The smallest absolute Gasteiger partial charge is 0.128 e. The molecule has 3 nitrogen and oxygen atoms in total. The van der Waals surface area contributed by atoms with E-state index in [1.165, 1.54) is 17.7 Å². The van der Waals surface area contributed by atoms with Crippen molar-refractivity contribution < 1.29 is 0 Å². The fourth-order valence-corrected chi connectivity index (χ4v) is 3.24. The second-order valence-electron chi connectivity index (χ2n) is 4.58. The van der Waals surface area contributed by atoms with E-state index in [0.717, 1.165) is 24.2 Å². The summed E-state index contributed by atoms with van der Waals surface area (Å²) in [6.45, 7) is 6.47. The molecule has 1 aromatic rings. The number of nitrogens with zero attached hydrogens (tertiary/aromatic N) is 2. The lowest BCUT2D eigenvalue weighted by Gasteiger charge is -2.33. The molecule has 0 amide bonds. The van der Waals surface area contributed by atoms with Crippen molar-refractivity contribution in [3.63, 3.8) is 0 Å². The van der Waals surface area contributed by atoms with Gasteiger partial charge in [0, 0.05) is 36.3 Å². The minimum Gasteiger partial charge on any atom is -0.355 e. The van der Waals surface area contributed by atoms with E-state index in [0.29, 0.717) is 0 Å². The monoisotopic (exact) mass is 251 g/mol. The predicted octanol–water partition coefficient (Wildman–Crippen LogP) is 2.43. The highest BCUT2D eigenvalue weighted by Crippen LogP contribution is 2.25. The molecule has 0 aromatic carbocycles. The van der Waals surface area contributed by atoms with Crippen molar-refractivity contribution in [2.75, 3.05) is 23.7 Å². The molecule has 2 atom stereocenters. The van der Waals surface area contributed by atoms with Gasteiger partial charge in [0.25, 0.3) is 0 Å². The quantitative estimate of drug-likeness (QED) is 0.896. The van der Waals surface area contributed by atoms with Gasteiger partial charge in [0.1, 0.15) is 5.82 Å². The molecule has 1 aliphatic heterocycles.